The first-order chi connectivity index (χ1) is 45.4. The Morgan fingerprint density at radius 1 is 0.337 bits per heavy atom. The lowest BCUT2D eigenvalue weighted by Gasteiger charge is -2.43. The molecule has 9 aliphatic heterocycles. The Balaban J connectivity index is 0.000000110. The number of aromatic nitrogens is 2. The lowest BCUT2D eigenvalue weighted by Crippen LogP contribution is -2.51. The molecular weight excluding hydrogens is 1130 g/mol. The maximum absolute atomic E-state index is 9.10. The van der Waals surface area contributed by atoms with E-state index < -0.39 is 0 Å². The molecule has 92 heavy (non-hydrogen) atoms. The molecule has 0 fully saturated rings. The predicted molar refractivity (Wildman–Crippen MR) is 373 cm³/mol. The second kappa shape index (κ2) is 23.3. The molecule has 0 amide bonds. The molecule has 0 N–H and O–H groups in total. The Morgan fingerprint density at radius 2 is 0.630 bits per heavy atom. The summed E-state index contributed by atoms with van der Waals surface area (Å²) < 4.78 is 0. The number of fused-ring (bicyclic) bond motifs is 12. The van der Waals surface area contributed by atoms with Crippen molar-refractivity contribution in [2.75, 3.05) is 49.0 Å². The van der Waals surface area contributed by atoms with Gasteiger partial charge in [-0.25, -0.2) is 9.97 Å². The molecule has 0 bridgehead atoms. The smallest absolute Gasteiger partial charge is 0.129 e. The highest BCUT2D eigenvalue weighted by molar-refractivity contribution is 5.90. The first-order valence-electron chi connectivity index (χ1n) is 31.5. The lowest BCUT2D eigenvalue weighted by molar-refractivity contribution is 0.396. The number of rotatable bonds is 6. The first kappa shape index (κ1) is 55.5. The van der Waals surface area contributed by atoms with Crippen LogP contribution in [0.3, 0.4) is 0 Å². The summed E-state index contributed by atoms with van der Waals surface area (Å²) in [5, 5.41) is 9.10. The third-order valence-corrected chi connectivity index (χ3v) is 18.8. The molecule has 9 aliphatic rings. The van der Waals surface area contributed by atoms with Crippen LogP contribution in [0, 0.1) is 11.3 Å². The Morgan fingerprint density at radius 3 is 0.967 bits per heavy atom. The van der Waals surface area contributed by atoms with E-state index in [1.54, 1.807) is 6.33 Å². The van der Waals surface area contributed by atoms with E-state index >= 15 is 0 Å². The molecule has 1 aromatic heterocycles. The SMILES string of the molecule is CC1=C2C=C(c3ccc(C#N)cc3)C=CN2CC2N1c1ccccc1N2c1ccccc1.CC1=C2C=C(c3ccccc3)C=CN2CC2N1c1ccccc1N2c1ccccc1.CC1=C2C=C(c3cncnc3)C=CN2CC2N1c1ccccc1N2c1ccccc1. The minimum Gasteiger partial charge on any atom is -0.343 e. The number of hydrogen-bond acceptors (Lipinski definition) is 12. The number of hydrogen-bond donors (Lipinski definition) is 0. The van der Waals surface area contributed by atoms with E-state index in [9.17, 15) is 0 Å². The van der Waals surface area contributed by atoms with Crippen molar-refractivity contribution >= 4 is 67.9 Å². The van der Waals surface area contributed by atoms with Crippen LogP contribution in [0.15, 0.2) is 326 Å². The summed E-state index contributed by atoms with van der Waals surface area (Å²) in [6, 6.07) is 78.7. The Hall–Kier alpha value is -11.8. The first-order valence-corrected chi connectivity index (χ1v) is 31.5. The minimum atomic E-state index is 0.188. The van der Waals surface area contributed by atoms with Crippen LogP contribution in [-0.4, -0.2) is 62.8 Å². The van der Waals surface area contributed by atoms with Crippen LogP contribution in [0.5, 0.6) is 0 Å². The summed E-state index contributed by atoms with van der Waals surface area (Å²) in [7, 11) is 0. The van der Waals surface area contributed by atoms with E-state index in [0.717, 1.165) is 41.9 Å². The van der Waals surface area contributed by atoms with Crippen LogP contribution in [0.1, 0.15) is 43.0 Å². The van der Waals surface area contributed by atoms with Crippen molar-refractivity contribution in [3.63, 3.8) is 0 Å². The van der Waals surface area contributed by atoms with Crippen LogP contribution < -0.4 is 29.4 Å². The average Bonchev–Trinajstić information content (AvgIpc) is 1.57. The van der Waals surface area contributed by atoms with Crippen molar-refractivity contribution in [1.82, 2.24) is 24.7 Å². The Bertz CT molecular complexity index is 4460. The van der Waals surface area contributed by atoms with Gasteiger partial charge in [0.25, 0.3) is 0 Å². The molecule has 0 aliphatic carbocycles. The standard InChI is InChI=1S/C28H22N4.C27H23N3.C25H21N5/c1-20-27-17-23(22-13-11-21(18-29)12-14-22)15-16-30(27)19-28-31(20)25-9-5-6-10-26(25)32(28)24-7-3-2-4-8-24;1-20-26-18-22(21-10-4-2-5-11-21)16-17-28(26)19-27-29(20)24-14-8-9-15-25(24)30(27)23-12-6-3-7-13-23;1-18-24-13-19(20-14-26-17-27-15-20)11-12-28(24)16-25-29(18)22-9-5-6-10-23(22)30(25)21-7-3-2-4-8-21/h2-17,28H,19H2,1H3;2-18,27H,19H2,1H3;2-15,17,25H,16H2,1H3. The quantitative estimate of drug-likeness (QED) is 0.159. The van der Waals surface area contributed by atoms with Crippen molar-refractivity contribution in [1.29, 1.82) is 5.26 Å². The summed E-state index contributed by atoms with van der Waals surface area (Å²) in [6.45, 7) is 9.33. The molecule has 12 nitrogen and oxygen atoms in total. The highest BCUT2D eigenvalue weighted by Gasteiger charge is 2.46. The lowest BCUT2D eigenvalue weighted by atomic mass is 9.99. The van der Waals surface area contributed by atoms with E-state index in [0.29, 0.717) is 5.56 Å². The zero-order valence-electron chi connectivity index (χ0n) is 51.4. The fourth-order valence-corrected chi connectivity index (χ4v) is 14.6. The summed E-state index contributed by atoms with van der Waals surface area (Å²) in [5.41, 5.74) is 26.3. The summed E-state index contributed by atoms with van der Waals surface area (Å²) >= 11 is 0. The third-order valence-electron chi connectivity index (χ3n) is 18.8. The molecule has 0 saturated carbocycles. The number of para-hydroxylation sites is 9. The maximum Gasteiger partial charge on any atom is 0.129 e. The summed E-state index contributed by atoms with van der Waals surface area (Å²) in [4.78, 5) is 30.3. The molecule has 0 radical (unpaired) electrons. The number of anilines is 9. The van der Waals surface area contributed by atoms with Crippen molar-refractivity contribution in [2.45, 2.75) is 39.3 Å². The van der Waals surface area contributed by atoms with E-state index in [1.165, 1.54) is 96.5 Å². The van der Waals surface area contributed by atoms with Crippen LogP contribution in [0.4, 0.5) is 51.2 Å². The molecule has 12 heteroatoms. The van der Waals surface area contributed by atoms with Crippen molar-refractivity contribution in [2.24, 2.45) is 0 Å². The highest BCUT2D eigenvalue weighted by Crippen LogP contribution is 2.52. The van der Waals surface area contributed by atoms with Crippen molar-refractivity contribution < 1.29 is 0 Å². The van der Waals surface area contributed by atoms with E-state index in [4.69, 9.17) is 5.26 Å². The van der Waals surface area contributed by atoms with Gasteiger partial charge in [-0.3, -0.25) is 0 Å². The molecule has 446 valence electrons. The second-order valence-electron chi connectivity index (χ2n) is 23.9. The fourth-order valence-electron chi connectivity index (χ4n) is 14.6. The van der Waals surface area contributed by atoms with Gasteiger partial charge in [-0.05, 0) is 170 Å². The number of nitriles is 1. The van der Waals surface area contributed by atoms with Crippen LogP contribution in [0.25, 0.3) is 16.7 Å². The molecule has 10 heterocycles. The van der Waals surface area contributed by atoms with E-state index in [1.807, 2.05) is 36.7 Å². The van der Waals surface area contributed by atoms with Gasteiger partial charge in [-0.2, -0.15) is 5.26 Å². The molecule has 9 aromatic rings. The molecule has 18 rings (SSSR count). The number of nitrogens with zero attached hydrogens (tertiary/aromatic N) is 12. The normalized spacial score (nSPS) is 19.2. The number of benzene rings is 8. The van der Waals surface area contributed by atoms with Gasteiger partial charge in [-0.15, -0.1) is 0 Å². The van der Waals surface area contributed by atoms with Crippen molar-refractivity contribution in [3.8, 4) is 6.07 Å². The zero-order chi connectivity index (χ0) is 61.8. The van der Waals surface area contributed by atoms with Gasteiger partial charge in [-0.1, -0.05) is 133 Å². The van der Waals surface area contributed by atoms with Gasteiger partial charge in [0.1, 0.15) is 24.8 Å². The molecule has 0 saturated heterocycles. The van der Waals surface area contributed by atoms with Gasteiger partial charge in [0.05, 0.1) is 82.5 Å². The molecule has 3 unspecified atom stereocenters. The monoisotopic (exact) mass is 1190 g/mol. The minimum absolute atomic E-state index is 0.188. The summed E-state index contributed by atoms with van der Waals surface area (Å²) in [6.07, 6.45) is 25.9. The van der Waals surface area contributed by atoms with Gasteiger partial charge in [0.15, 0.2) is 0 Å². The zero-order valence-corrected chi connectivity index (χ0v) is 51.4. The Kier molecular flexibility index (Phi) is 14.0. The highest BCUT2D eigenvalue weighted by atomic mass is 15.5. The van der Waals surface area contributed by atoms with Crippen molar-refractivity contribution in [3.05, 3.63) is 349 Å². The molecule has 3 atom stereocenters. The van der Waals surface area contributed by atoms with Crippen LogP contribution in [-0.2, 0) is 0 Å². The van der Waals surface area contributed by atoms with E-state index in [-0.39, 0.29) is 18.5 Å². The average molecular weight is 1200 g/mol. The van der Waals surface area contributed by atoms with Gasteiger partial charge in [0.2, 0.25) is 0 Å². The van der Waals surface area contributed by atoms with Gasteiger partial charge in [0, 0.05) is 70.7 Å². The summed E-state index contributed by atoms with van der Waals surface area (Å²) in [5.74, 6) is 0. The Labute approximate surface area is 538 Å². The van der Waals surface area contributed by atoms with Gasteiger partial charge >= 0.3 is 0 Å². The van der Waals surface area contributed by atoms with Gasteiger partial charge < -0.3 is 44.1 Å². The largest absolute Gasteiger partial charge is 0.343 e. The predicted octanol–water partition coefficient (Wildman–Crippen LogP) is 17.0. The molecule has 8 aromatic carbocycles. The van der Waals surface area contributed by atoms with Crippen LogP contribution >= 0.6 is 0 Å². The maximum atomic E-state index is 9.10. The topological polar surface area (TPSA) is 78.7 Å². The third kappa shape index (κ3) is 9.61. The number of allylic oxidation sites excluding steroid dienone is 12. The molecular formula is C80H66N12. The van der Waals surface area contributed by atoms with E-state index in [2.05, 4.69) is 330 Å². The van der Waals surface area contributed by atoms with Crippen LogP contribution in [0.2, 0.25) is 0 Å². The fraction of sp³-hybridized carbons (Fsp3) is 0.113. The molecule has 0 spiro atoms. The second-order valence-corrected chi connectivity index (χ2v) is 23.9.